The van der Waals surface area contributed by atoms with Crippen LogP contribution in [0.1, 0.15) is 0 Å². The minimum Gasteiger partial charge on any atom is -0.353 e. The normalized spacial score (nSPS) is 13.8. The van der Waals surface area contributed by atoms with E-state index in [9.17, 15) is 4.79 Å². The van der Waals surface area contributed by atoms with Crippen LogP contribution in [-0.2, 0) is 4.79 Å². The topological polar surface area (TPSA) is 65.1 Å². The largest absolute Gasteiger partial charge is 0.353 e. The highest BCUT2D eigenvalue weighted by Gasteiger charge is 2.22. The molecule has 1 aliphatic heterocycles. The molecule has 1 amide bonds. The van der Waals surface area contributed by atoms with Gasteiger partial charge in [0, 0.05) is 43.5 Å². The SMILES string of the molecule is O=C(CSc1nc(-c2ccccc2)c(-c2ccccc2)[nH]1)N1CCN(c2ccccn2)CC1. The molecular formula is C26H25N5OS. The van der Waals surface area contributed by atoms with E-state index in [-0.39, 0.29) is 5.91 Å². The minimum absolute atomic E-state index is 0.139. The number of carbonyl (C=O) groups excluding carboxylic acids is 1. The fourth-order valence-corrected chi connectivity index (χ4v) is 4.76. The maximum atomic E-state index is 12.9. The number of nitrogens with one attached hydrogen (secondary N) is 1. The van der Waals surface area contributed by atoms with E-state index in [4.69, 9.17) is 4.98 Å². The van der Waals surface area contributed by atoms with Gasteiger partial charge in [0.15, 0.2) is 5.16 Å². The van der Waals surface area contributed by atoms with Crippen molar-refractivity contribution >= 4 is 23.5 Å². The standard InChI is InChI=1S/C26H25N5OS/c32-23(31-17-15-30(16-18-31)22-13-7-8-14-27-22)19-33-26-28-24(20-9-3-1-4-10-20)25(29-26)21-11-5-2-6-12-21/h1-14H,15-19H2,(H,28,29). The molecule has 0 unspecified atom stereocenters. The van der Waals surface area contributed by atoms with E-state index in [1.54, 1.807) is 6.20 Å². The van der Waals surface area contributed by atoms with Crippen LogP contribution in [0, 0.1) is 0 Å². The molecule has 0 spiro atoms. The minimum atomic E-state index is 0.139. The third-order valence-corrected chi connectivity index (χ3v) is 6.59. The van der Waals surface area contributed by atoms with E-state index in [0.717, 1.165) is 46.6 Å². The predicted molar refractivity (Wildman–Crippen MR) is 133 cm³/mol. The number of thioether (sulfide) groups is 1. The Bertz CT molecular complexity index is 1130. The number of amides is 1. The maximum Gasteiger partial charge on any atom is 0.233 e. The van der Waals surface area contributed by atoms with Crippen LogP contribution in [0.4, 0.5) is 5.82 Å². The van der Waals surface area contributed by atoms with Crippen molar-refractivity contribution in [2.75, 3.05) is 36.8 Å². The van der Waals surface area contributed by atoms with Crippen molar-refractivity contribution in [3.63, 3.8) is 0 Å². The highest BCUT2D eigenvalue weighted by atomic mass is 32.2. The second-order valence-electron chi connectivity index (χ2n) is 7.84. The summed E-state index contributed by atoms with van der Waals surface area (Å²) in [7, 11) is 0. The van der Waals surface area contributed by atoms with E-state index in [1.807, 2.05) is 59.5 Å². The molecule has 166 valence electrons. The van der Waals surface area contributed by atoms with E-state index in [0.29, 0.717) is 18.8 Å². The highest BCUT2D eigenvalue weighted by Crippen LogP contribution is 2.32. The molecule has 3 heterocycles. The molecule has 0 radical (unpaired) electrons. The van der Waals surface area contributed by atoms with Gasteiger partial charge in [-0.2, -0.15) is 0 Å². The monoisotopic (exact) mass is 455 g/mol. The Kier molecular flexibility index (Phi) is 6.39. The number of piperazine rings is 1. The molecule has 33 heavy (non-hydrogen) atoms. The van der Waals surface area contributed by atoms with Crippen molar-refractivity contribution in [1.82, 2.24) is 19.9 Å². The van der Waals surface area contributed by atoms with Crippen LogP contribution in [0.25, 0.3) is 22.5 Å². The molecule has 2 aromatic heterocycles. The molecule has 0 saturated carbocycles. The maximum absolute atomic E-state index is 12.9. The Morgan fingerprint density at radius 3 is 2.18 bits per heavy atom. The molecule has 2 aromatic carbocycles. The lowest BCUT2D eigenvalue weighted by Gasteiger charge is -2.35. The molecule has 1 saturated heterocycles. The molecule has 7 heteroatoms. The average Bonchev–Trinajstić information content (AvgIpc) is 3.33. The predicted octanol–water partition coefficient (Wildman–Crippen LogP) is 4.58. The van der Waals surface area contributed by atoms with Crippen LogP contribution >= 0.6 is 11.8 Å². The van der Waals surface area contributed by atoms with Crippen LogP contribution in [-0.4, -0.2) is 57.7 Å². The Labute approximate surface area is 197 Å². The van der Waals surface area contributed by atoms with Gasteiger partial charge in [-0.3, -0.25) is 4.79 Å². The zero-order chi connectivity index (χ0) is 22.5. The van der Waals surface area contributed by atoms with Crippen molar-refractivity contribution < 1.29 is 4.79 Å². The first-order valence-electron chi connectivity index (χ1n) is 11.1. The summed E-state index contributed by atoms with van der Waals surface area (Å²) in [6, 6.07) is 26.3. The van der Waals surface area contributed by atoms with Gasteiger partial charge in [-0.15, -0.1) is 0 Å². The van der Waals surface area contributed by atoms with Gasteiger partial charge in [-0.25, -0.2) is 9.97 Å². The summed E-state index contributed by atoms with van der Waals surface area (Å²) in [4.78, 5) is 29.7. The summed E-state index contributed by atoms with van der Waals surface area (Å²) in [5, 5.41) is 0.758. The number of nitrogens with zero attached hydrogens (tertiary/aromatic N) is 4. The third-order valence-electron chi connectivity index (χ3n) is 5.73. The van der Waals surface area contributed by atoms with Crippen molar-refractivity contribution in [2.24, 2.45) is 0 Å². The van der Waals surface area contributed by atoms with Gasteiger partial charge >= 0.3 is 0 Å². The first kappa shape index (κ1) is 21.3. The van der Waals surface area contributed by atoms with Gasteiger partial charge < -0.3 is 14.8 Å². The molecule has 0 atom stereocenters. The number of hydrogen-bond donors (Lipinski definition) is 1. The molecular weight excluding hydrogens is 430 g/mol. The second-order valence-corrected chi connectivity index (χ2v) is 8.81. The number of pyridine rings is 1. The zero-order valence-corrected chi connectivity index (χ0v) is 19.0. The highest BCUT2D eigenvalue weighted by molar-refractivity contribution is 7.99. The van der Waals surface area contributed by atoms with Crippen molar-refractivity contribution in [1.29, 1.82) is 0 Å². The molecule has 5 rings (SSSR count). The summed E-state index contributed by atoms with van der Waals surface area (Å²) in [5.41, 5.74) is 4.01. The van der Waals surface area contributed by atoms with E-state index >= 15 is 0 Å². The summed E-state index contributed by atoms with van der Waals surface area (Å²) in [6.07, 6.45) is 1.81. The fraction of sp³-hybridized carbons (Fsp3) is 0.192. The van der Waals surface area contributed by atoms with Crippen molar-refractivity contribution in [3.05, 3.63) is 85.1 Å². The van der Waals surface area contributed by atoms with Gasteiger partial charge in [0.1, 0.15) is 5.82 Å². The van der Waals surface area contributed by atoms with Crippen LogP contribution < -0.4 is 4.90 Å². The van der Waals surface area contributed by atoms with Crippen LogP contribution in [0.3, 0.4) is 0 Å². The lowest BCUT2D eigenvalue weighted by Crippen LogP contribution is -2.49. The molecule has 0 aliphatic carbocycles. The lowest BCUT2D eigenvalue weighted by molar-refractivity contribution is -0.128. The van der Waals surface area contributed by atoms with Crippen LogP contribution in [0.5, 0.6) is 0 Å². The van der Waals surface area contributed by atoms with Crippen molar-refractivity contribution in [3.8, 4) is 22.5 Å². The number of aromatic amines is 1. The van der Waals surface area contributed by atoms with Crippen molar-refractivity contribution in [2.45, 2.75) is 5.16 Å². The lowest BCUT2D eigenvalue weighted by atomic mass is 10.1. The molecule has 0 bridgehead atoms. The number of anilines is 1. The van der Waals surface area contributed by atoms with Crippen LogP contribution in [0.2, 0.25) is 0 Å². The number of rotatable bonds is 6. The molecule has 4 aromatic rings. The molecule has 1 fully saturated rings. The fourth-order valence-electron chi connectivity index (χ4n) is 3.99. The van der Waals surface area contributed by atoms with Gasteiger partial charge in [-0.05, 0) is 12.1 Å². The van der Waals surface area contributed by atoms with E-state index in [1.165, 1.54) is 11.8 Å². The Balaban J connectivity index is 1.25. The van der Waals surface area contributed by atoms with Crippen LogP contribution in [0.15, 0.2) is 90.2 Å². The number of benzene rings is 2. The summed E-state index contributed by atoms with van der Waals surface area (Å²) in [5.74, 6) is 1.47. The number of carbonyl (C=O) groups is 1. The average molecular weight is 456 g/mol. The van der Waals surface area contributed by atoms with E-state index in [2.05, 4.69) is 39.1 Å². The summed E-state index contributed by atoms with van der Waals surface area (Å²) >= 11 is 1.46. The van der Waals surface area contributed by atoms with E-state index < -0.39 is 0 Å². The molecule has 1 N–H and O–H groups in total. The Morgan fingerprint density at radius 1 is 0.848 bits per heavy atom. The summed E-state index contributed by atoms with van der Waals surface area (Å²) in [6.45, 7) is 3.01. The van der Waals surface area contributed by atoms with Gasteiger partial charge in [-0.1, -0.05) is 78.5 Å². The molecule has 1 aliphatic rings. The smallest absolute Gasteiger partial charge is 0.233 e. The number of H-pyrrole nitrogens is 1. The second kappa shape index (κ2) is 9.92. The number of aromatic nitrogens is 3. The Hall–Kier alpha value is -3.58. The number of imidazole rings is 1. The van der Waals surface area contributed by atoms with Gasteiger partial charge in [0.05, 0.1) is 17.1 Å². The first-order valence-corrected chi connectivity index (χ1v) is 12.0. The quantitative estimate of drug-likeness (QED) is 0.431. The Morgan fingerprint density at radius 2 is 1.52 bits per heavy atom. The first-order chi connectivity index (χ1) is 16.3. The zero-order valence-electron chi connectivity index (χ0n) is 18.2. The third kappa shape index (κ3) is 4.93. The number of hydrogen-bond acceptors (Lipinski definition) is 5. The van der Waals surface area contributed by atoms with Gasteiger partial charge in [0.25, 0.3) is 0 Å². The van der Waals surface area contributed by atoms with Gasteiger partial charge in [0.2, 0.25) is 5.91 Å². The summed E-state index contributed by atoms with van der Waals surface area (Å²) < 4.78 is 0. The molecule has 6 nitrogen and oxygen atoms in total.